The lowest BCUT2D eigenvalue weighted by molar-refractivity contribution is 0.305. The zero-order valence-corrected chi connectivity index (χ0v) is 16.6. The molecule has 0 unspecified atom stereocenters. The summed E-state index contributed by atoms with van der Waals surface area (Å²) >= 11 is 0. The van der Waals surface area contributed by atoms with Crippen molar-refractivity contribution in [2.75, 3.05) is 6.54 Å². The zero-order valence-electron chi connectivity index (χ0n) is 16.6. The number of aromatic nitrogens is 1. The molecule has 1 N–H and O–H groups in total. The van der Waals surface area contributed by atoms with Gasteiger partial charge in [0, 0.05) is 30.5 Å². The number of halogens is 1. The number of hydrogen-bond acceptors (Lipinski definition) is 3. The summed E-state index contributed by atoms with van der Waals surface area (Å²) in [4.78, 5) is 12.5. The third-order valence-electron chi connectivity index (χ3n) is 4.34. The Morgan fingerprint density at radius 1 is 1.07 bits per heavy atom. The Morgan fingerprint density at radius 3 is 2.45 bits per heavy atom. The molecule has 150 valence electrons. The van der Waals surface area contributed by atoms with Crippen LogP contribution in [0.25, 0.3) is 11.8 Å². The van der Waals surface area contributed by atoms with Crippen LogP contribution in [0.1, 0.15) is 25.0 Å². The van der Waals surface area contributed by atoms with E-state index in [0.29, 0.717) is 11.8 Å². The summed E-state index contributed by atoms with van der Waals surface area (Å²) in [6, 6.07) is 17.5. The summed E-state index contributed by atoms with van der Waals surface area (Å²) in [6.07, 6.45) is 5.82. The maximum Gasteiger partial charge on any atom is 0.258 e. The predicted molar refractivity (Wildman–Crippen MR) is 115 cm³/mol. The second kappa shape index (κ2) is 9.85. The predicted octanol–water partition coefficient (Wildman–Crippen LogP) is 4.57. The molecule has 29 heavy (non-hydrogen) atoms. The number of ether oxygens (including phenoxy) is 1. The van der Waals surface area contributed by atoms with Gasteiger partial charge in [-0.15, -0.1) is 0 Å². The SMILES string of the molecule is CC(C)NCC=Cc1ccc(-n2ccc(OCc3ccc(F)cc3)cc2=O)cc1. The van der Waals surface area contributed by atoms with Crippen LogP contribution in [0.15, 0.2) is 77.7 Å². The first-order valence-corrected chi connectivity index (χ1v) is 9.61. The van der Waals surface area contributed by atoms with E-state index in [0.717, 1.165) is 23.4 Å². The van der Waals surface area contributed by atoms with E-state index >= 15 is 0 Å². The summed E-state index contributed by atoms with van der Waals surface area (Å²) in [5.41, 5.74) is 2.53. The molecule has 1 heterocycles. The Morgan fingerprint density at radius 2 is 1.79 bits per heavy atom. The van der Waals surface area contributed by atoms with Crippen LogP contribution in [0.2, 0.25) is 0 Å². The summed E-state index contributed by atoms with van der Waals surface area (Å²) in [5.74, 6) is 0.192. The molecule has 0 saturated carbocycles. The van der Waals surface area contributed by atoms with Gasteiger partial charge in [-0.1, -0.05) is 50.3 Å². The monoisotopic (exact) mass is 392 g/mol. The number of nitrogens with zero attached hydrogens (tertiary/aromatic N) is 1. The molecule has 0 fully saturated rings. The summed E-state index contributed by atoms with van der Waals surface area (Å²) in [6.45, 7) is 5.31. The Kier molecular flexibility index (Phi) is 6.98. The van der Waals surface area contributed by atoms with E-state index in [9.17, 15) is 9.18 Å². The van der Waals surface area contributed by atoms with Crippen molar-refractivity contribution in [1.29, 1.82) is 0 Å². The largest absolute Gasteiger partial charge is 0.489 e. The van der Waals surface area contributed by atoms with Gasteiger partial charge in [0.1, 0.15) is 18.2 Å². The summed E-state index contributed by atoms with van der Waals surface area (Å²) in [7, 11) is 0. The summed E-state index contributed by atoms with van der Waals surface area (Å²) < 4.78 is 20.2. The molecular formula is C24H25FN2O2. The fourth-order valence-electron chi connectivity index (χ4n) is 2.76. The van der Waals surface area contributed by atoms with Crippen LogP contribution >= 0.6 is 0 Å². The number of rotatable bonds is 8. The van der Waals surface area contributed by atoms with E-state index < -0.39 is 0 Å². The third-order valence-corrected chi connectivity index (χ3v) is 4.34. The van der Waals surface area contributed by atoms with Gasteiger partial charge in [0.25, 0.3) is 5.56 Å². The standard InChI is InChI=1S/C24H25FN2O2/c1-18(2)26-14-3-4-19-7-11-22(12-8-19)27-15-13-23(16-24(27)28)29-17-20-5-9-21(25)10-6-20/h3-13,15-16,18,26H,14,17H2,1-2H3. The third kappa shape index (κ3) is 6.16. The van der Waals surface area contributed by atoms with Crippen molar-refractivity contribution in [2.24, 2.45) is 0 Å². The molecule has 0 aliphatic carbocycles. The van der Waals surface area contributed by atoms with Crippen LogP contribution in [0.5, 0.6) is 5.75 Å². The lowest BCUT2D eigenvalue weighted by Gasteiger charge is -2.09. The molecule has 4 nitrogen and oxygen atoms in total. The van der Waals surface area contributed by atoms with Crippen molar-refractivity contribution in [3.8, 4) is 11.4 Å². The first-order chi connectivity index (χ1) is 14.0. The minimum Gasteiger partial charge on any atom is -0.489 e. The molecule has 0 bridgehead atoms. The first-order valence-electron chi connectivity index (χ1n) is 9.61. The van der Waals surface area contributed by atoms with E-state index in [2.05, 4.69) is 25.2 Å². The van der Waals surface area contributed by atoms with Gasteiger partial charge in [-0.3, -0.25) is 9.36 Å². The molecular weight excluding hydrogens is 367 g/mol. The van der Waals surface area contributed by atoms with Crippen LogP contribution < -0.4 is 15.6 Å². The quantitative estimate of drug-likeness (QED) is 0.611. The fourth-order valence-corrected chi connectivity index (χ4v) is 2.76. The van der Waals surface area contributed by atoms with Gasteiger partial charge in [-0.25, -0.2) is 4.39 Å². The topological polar surface area (TPSA) is 43.3 Å². The lowest BCUT2D eigenvalue weighted by atomic mass is 10.2. The van der Waals surface area contributed by atoms with Crippen molar-refractivity contribution < 1.29 is 9.13 Å². The minimum absolute atomic E-state index is 0.175. The molecule has 1 aromatic heterocycles. The highest BCUT2D eigenvalue weighted by molar-refractivity contribution is 5.52. The Balaban J connectivity index is 1.63. The molecule has 0 radical (unpaired) electrons. The normalized spacial score (nSPS) is 11.3. The number of pyridine rings is 1. The molecule has 0 spiro atoms. The molecule has 3 aromatic rings. The summed E-state index contributed by atoms with van der Waals surface area (Å²) in [5, 5.41) is 3.33. The molecule has 0 amide bonds. The van der Waals surface area contributed by atoms with Gasteiger partial charge in [0.15, 0.2) is 0 Å². The average molecular weight is 392 g/mol. The van der Waals surface area contributed by atoms with E-state index in [1.807, 2.05) is 30.3 Å². The van der Waals surface area contributed by atoms with Crippen molar-refractivity contribution in [1.82, 2.24) is 9.88 Å². The maximum atomic E-state index is 12.9. The molecule has 5 heteroatoms. The second-order valence-corrected chi connectivity index (χ2v) is 7.04. The van der Waals surface area contributed by atoms with Gasteiger partial charge >= 0.3 is 0 Å². The van der Waals surface area contributed by atoms with Crippen LogP contribution in [-0.4, -0.2) is 17.2 Å². The van der Waals surface area contributed by atoms with Crippen LogP contribution in [-0.2, 0) is 6.61 Å². The Labute approximate surface area is 170 Å². The molecule has 0 aliphatic heterocycles. The highest BCUT2D eigenvalue weighted by Crippen LogP contribution is 2.14. The van der Waals surface area contributed by atoms with Crippen molar-refractivity contribution >= 4 is 6.08 Å². The zero-order chi connectivity index (χ0) is 20.6. The van der Waals surface area contributed by atoms with Gasteiger partial charge < -0.3 is 10.1 Å². The second-order valence-electron chi connectivity index (χ2n) is 7.04. The van der Waals surface area contributed by atoms with E-state index in [4.69, 9.17) is 4.74 Å². The molecule has 0 atom stereocenters. The fraction of sp³-hybridized carbons (Fsp3) is 0.208. The molecule has 3 rings (SSSR count). The van der Waals surface area contributed by atoms with Gasteiger partial charge in [0.05, 0.1) is 0 Å². The Bertz CT molecular complexity index is 1010. The minimum atomic E-state index is -0.287. The first kappa shape index (κ1) is 20.6. The highest BCUT2D eigenvalue weighted by Gasteiger charge is 2.03. The van der Waals surface area contributed by atoms with E-state index in [1.54, 1.807) is 29.0 Å². The van der Waals surface area contributed by atoms with Crippen molar-refractivity contribution in [3.05, 3.63) is 100 Å². The smallest absolute Gasteiger partial charge is 0.258 e. The molecule has 0 saturated heterocycles. The van der Waals surface area contributed by atoms with Crippen LogP contribution in [0.4, 0.5) is 4.39 Å². The maximum absolute atomic E-state index is 12.9. The Hall–Kier alpha value is -3.18. The van der Waals surface area contributed by atoms with Crippen molar-refractivity contribution in [3.63, 3.8) is 0 Å². The van der Waals surface area contributed by atoms with E-state index in [1.165, 1.54) is 18.2 Å². The average Bonchev–Trinajstić information content (AvgIpc) is 2.71. The van der Waals surface area contributed by atoms with Crippen molar-refractivity contribution in [2.45, 2.75) is 26.5 Å². The number of hydrogen-bond donors (Lipinski definition) is 1. The number of nitrogens with one attached hydrogen (secondary N) is 1. The molecule has 2 aromatic carbocycles. The molecule has 0 aliphatic rings. The van der Waals surface area contributed by atoms with Crippen LogP contribution in [0, 0.1) is 5.82 Å². The highest BCUT2D eigenvalue weighted by atomic mass is 19.1. The number of benzene rings is 2. The van der Waals surface area contributed by atoms with Gasteiger partial charge in [-0.05, 0) is 41.5 Å². The van der Waals surface area contributed by atoms with Gasteiger partial charge in [-0.2, -0.15) is 0 Å². The van der Waals surface area contributed by atoms with Gasteiger partial charge in [0.2, 0.25) is 0 Å². The van der Waals surface area contributed by atoms with Crippen LogP contribution in [0.3, 0.4) is 0 Å². The van der Waals surface area contributed by atoms with E-state index in [-0.39, 0.29) is 18.0 Å². The lowest BCUT2D eigenvalue weighted by Crippen LogP contribution is -2.22.